The monoisotopic (exact) mass is 241 g/mol. The van der Waals surface area contributed by atoms with E-state index in [-0.39, 0.29) is 0 Å². The van der Waals surface area contributed by atoms with E-state index in [4.69, 9.17) is 10.5 Å². The molecule has 17 heavy (non-hydrogen) atoms. The van der Waals surface area contributed by atoms with Crippen molar-refractivity contribution in [2.75, 3.05) is 26.3 Å². The molecule has 1 saturated carbocycles. The van der Waals surface area contributed by atoms with Crippen LogP contribution in [0.5, 0.6) is 0 Å². The molecule has 4 nitrogen and oxygen atoms in total. The summed E-state index contributed by atoms with van der Waals surface area (Å²) in [6, 6.07) is 0. The normalized spacial score (nSPS) is 18.8. The first-order valence-electron chi connectivity index (χ1n) is 6.84. The Morgan fingerprint density at radius 3 is 2.71 bits per heavy atom. The second-order valence-corrected chi connectivity index (χ2v) is 4.93. The number of nitrogens with zero attached hydrogens (tertiary/aromatic N) is 1. The van der Waals surface area contributed by atoms with Gasteiger partial charge in [-0.3, -0.25) is 4.99 Å². The van der Waals surface area contributed by atoms with Crippen molar-refractivity contribution in [2.24, 2.45) is 16.1 Å². The van der Waals surface area contributed by atoms with Gasteiger partial charge in [-0.05, 0) is 38.0 Å². The van der Waals surface area contributed by atoms with Crippen molar-refractivity contribution in [3.8, 4) is 0 Å². The molecule has 4 heteroatoms. The van der Waals surface area contributed by atoms with E-state index >= 15 is 0 Å². The summed E-state index contributed by atoms with van der Waals surface area (Å²) in [4.78, 5) is 4.46. The number of rotatable bonds is 8. The first-order chi connectivity index (χ1) is 8.22. The van der Waals surface area contributed by atoms with E-state index in [1.165, 1.54) is 19.3 Å². The lowest BCUT2D eigenvalue weighted by atomic mass is 9.67. The molecule has 1 fully saturated rings. The Morgan fingerprint density at radius 2 is 2.18 bits per heavy atom. The number of hydrogen-bond donors (Lipinski definition) is 2. The minimum Gasteiger partial charge on any atom is -0.382 e. The van der Waals surface area contributed by atoms with Crippen molar-refractivity contribution in [1.82, 2.24) is 5.32 Å². The molecule has 1 rings (SSSR count). The largest absolute Gasteiger partial charge is 0.382 e. The second kappa shape index (κ2) is 7.54. The maximum Gasteiger partial charge on any atom is 0.188 e. The van der Waals surface area contributed by atoms with Crippen LogP contribution in [0.15, 0.2) is 4.99 Å². The van der Waals surface area contributed by atoms with E-state index in [2.05, 4.69) is 17.2 Å². The topological polar surface area (TPSA) is 59.6 Å². The van der Waals surface area contributed by atoms with E-state index in [0.29, 0.717) is 11.4 Å². The van der Waals surface area contributed by atoms with Crippen LogP contribution in [0.25, 0.3) is 0 Å². The van der Waals surface area contributed by atoms with Crippen LogP contribution in [-0.4, -0.2) is 32.3 Å². The fourth-order valence-corrected chi connectivity index (χ4v) is 2.16. The average molecular weight is 241 g/mol. The lowest BCUT2D eigenvalue weighted by molar-refractivity contribution is 0.0609. The van der Waals surface area contributed by atoms with Gasteiger partial charge >= 0.3 is 0 Å². The first-order valence-corrected chi connectivity index (χ1v) is 6.84. The summed E-state index contributed by atoms with van der Waals surface area (Å²) in [6.07, 6.45) is 6.05. The van der Waals surface area contributed by atoms with Crippen molar-refractivity contribution in [3.63, 3.8) is 0 Å². The van der Waals surface area contributed by atoms with Crippen molar-refractivity contribution in [1.29, 1.82) is 0 Å². The van der Waals surface area contributed by atoms with Crippen LogP contribution in [0.2, 0.25) is 0 Å². The fraction of sp³-hybridized carbons (Fsp3) is 0.923. The summed E-state index contributed by atoms with van der Waals surface area (Å²) in [7, 11) is 0. The van der Waals surface area contributed by atoms with Gasteiger partial charge in [-0.15, -0.1) is 0 Å². The fourth-order valence-electron chi connectivity index (χ4n) is 2.16. The van der Waals surface area contributed by atoms with Crippen LogP contribution in [0.4, 0.5) is 0 Å². The molecule has 0 spiro atoms. The molecule has 0 bridgehead atoms. The molecule has 0 aromatic carbocycles. The predicted molar refractivity (Wildman–Crippen MR) is 72.2 cm³/mol. The lowest BCUT2D eigenvalue weighted by Gasteiger charge is -2.40. The van der Waals surface area contributed by atoms with Crippen molar-refractivity contribution in [2.45, 2.75) is 46.0 Å². The molecule has 100 valence electrons. The highest BCUT2D eigenvalue weighted by Crippen LogP contribution is 2.44. The second-order valence-electron chi connectivity index (χ2n) is 4.93. The zero-order valence-electron chi connectivity index (χ0n) is 11.3. The number of aliphatic imine (C=N–C) groups is 1. The molecule has 1 aliphatic carbocycles. The average Bonchev–Trinajstić information content (AvgIpc) is 2.29. The third-order valence-corrected chi connectivity index (χ3v) is 3.54. The summed E-state index contributed by atoms with van der Waals surface area (Å²) in [5, 5.41) is 3.12. The Labute approximate surface area is 105 Å². The Bertz CT molecular complexity index is 237. The van der Waals surface area contributed by atoms with Gasteiger partial charge in [0.15, 0.2) is 5.96 Å². The minimum absolute atomic E-state index is 0.369. The number of nitrogens with two attached hydrogens (primary N) is 1. The van der Waals surface area contributed by atoms with Gasteiger partial charge < -0.3 is 15.8 Å². The van der Waals surface area contributed by atoms with Crippen molar-refractivity contribution < 1.29 is 4.74 Å². The molecule has 0 heterocycles. The van der Waals surface area contributed by atoms with Gasteiger partial charge in [-0.25, -0.2) is 0 Å². The van der Waals surface area contributed by atoms with E-state index in [1.54, 1.807) is 0 Å². The molecule has 0 saturated heterocycles. The van der Waals surface area contributed by atoms with Gasteiger partial charge in [0.05, 0.1) is 0 Å². The number of ether oxygens (including phenoxy) is 1. The molecule has 0 aromatic rings. The highest BCUT2D eigenvalue weighted by Gasteiger charge is 2.36. The van der Waals surface area contributed by atoms with Crippen molar-refractivity contribution in [3.05, 3.63) is 0 Å². The van der Waals surface area contributed by atoms with Gasteiger partial charge in [-0.1, -0.05) is 13.3 Å². The Kier molecular flexibility index (Phi) is 6.34. The highest BCUT2D eigenvalue weighted by atomic mass is 16.5. The third-order valence-electron chi connectivity index (χ3n) is 3.54. The van der Waals surface area contributed by atoms with Crippen LogP contribution < -0.4 is 11.1 Å². The minimum atomic E-state index is 0.369. The summed E-state index contributed by atoms with van der Waals surface area (Å²) >= 11 is 0. The molecule has 3 N–H and O–H groups in total. The molecule has 0 radical (unpaired) electrons. The number of nitrogens with one attached hydrogen (secondary N) is 1. The van der Waals surface area contributed by atoms with E-state index in [1.807, 2.05) is 6.92 Å². The lowest BCUT2D eigenvalue weighted by Crippen LogP contribution is -2.37. The van der Waals surface area contributed by atoms with E-state index in [0.717, 1.165) is 39.1 Å². The maximum atomic E-state index is 5.81. The van der Waals surface area contributed by atoms with Gasteiger partial charge in [0.2, 0.25) is 0 Å². The summed E-state index contributed by atoms with van der Waals surface area (Å²) in [6.45, 7) is 7.58. The first kappa shape index (κ1) is 14.3. The molecule has 0 aliphatic heterocycles. The Hall–Kier alpha value is -0.770. The summed E-state index contributed by atoms with van der Waals surface area (Å²) in [5.41, 5.74) is 6.18. The Balaban J connectivity index is 2.30. The molecular formula is C13H27N3O. The van der Waals surface area contributed by atoms with Crippen LogP contribution in [0.1, 0.15) is 46.0 Å². The van der Waals surface area contributed by atoms with Gasteiger partial charge in [0.1, 0.15) is 0 Å². The van der Waals surface area contributed by atoms with Gasteiger partial charge in [0.25, 0.3) is 0 Å². The quantitative estimate of drug-likeness (QED) is 0.387. The molecule has 1 aliphatic rings. The van der Waals surface area contributed by atoms with Crippen LogP contribution in [0, 0.1) is 5.41 Å². The van der Waals surface area contributed by atoms with Gasteiger partial charge in [-0.2, -0.15) is 0 Å². The SMILES string of the molecule is CCCNC(N)=NCC1(CCOCC)CCC1. The van der Waals surface area contributed by atoms with Gasteiger partial charge in [0, 0.05) is 26.3 Å². The molecule has 0 atom stereocenters. The zero-order valence-corrected chi connectivity index (χ0v) is 11.3. The van der Waals surface area contributed by atoms with Crippen LogP contribution in [-0.2, 0) is 4.74 Å². The van der Waals surface area contributed by atoms with Crippen LogP contribution >= 0.6 is 0 Å². The molecule has 0 amide bonds. The zero-order chi connectivity index (χ0) is 12.6. The highest BCUT2D eigenvalue weighted by molar-refractivity contribution is 5.77. The molecule has 0 unspecified atom stereocenters. The predicted octanol–water partition coefficient (Wildman–Crippen LogP) is 1.90. The number of hydrogen-bond acceptors (Lipinski definition) is 2. The standard InChI is InChI=1S/C13H27N3O/c1-3-9-15-12(14)16-11-13(6-5-7-13)8-10-17-4-2/h3-11H2,1-2H3,(H3,14,15,16). The van der Waals surface area contributed by atoms with E-state index in [9.17, 15) is 0 Å². The molecule has 0 aromatic heterocycles. The summed E-state index contributed by atoms with van der Waals surface area (Å²) in [5.74, 6) is 0.592. The maximum absolute atomic E-state index is 5.81. The third kappa shape index (κ3) is 4.94. The van der Waals surface area contributed by atoms with Crippen molar-refractivity contribution >= 4 is 5.96 Å². The Morgan fingerprint density at radius 1 is 1.41 bits per heavy atom. The number of guanidine groups is 1. The smallest absolute Gasteiger partial charge is 0.188 e. The van der Waals surface area contributed by atoms with Crippen LogP contribution in [0.3, 0.4) is 0 Å². The van der Waals surface area contributed by atoms with E-state index < -0.39 is 0 Å². The molecular weight excluding hydrogens is 214 g/mol. The summed E-state index contributed by atoms with van der Waals surface area (Å²) < 4.78 is 5.44.